The lowest BCUT2D eigenvalue weighted by Crippen LogP contribution is -2.34. The molecular weight excluding hydrogens is 244 g/mol. The Morgan fingerprint density at radius 3 is 2.47 bits per heavy atom. The Morgan fingerprint density at radius 1 is 1.35 bits per heavy atom. The predicted molar refractivity (Wildman–Crippen MR) is 65.7 cm³/mol. The topological polar surface area (TPSA) is 78.4 Å². The highest BCUT2D eigenvalue weighted by atomic mass is 35.5. The summed E-state index contributed by atoms with van der Waals surface area (Å²) in [7, 11) is 0. The first kappa shape index (κ1) is 13.3. The number of urea groups is 1. The van der Waals surface area contributed by atoms with Gasteiger partial charge in [-0.2, -0.15) is 0 Å². The Morgan fingerprint density at radius 2 is 2.00 bits per heavy atom. The zero-order chi connectivity index (χ0) is 13.0. The second kappa shape index (κ2) is 5.54. The fourth-order valence-corrected chi connectivity index (χ4v) is 1.40. The van der Waals surface area contributed by atoms with Crippen LogP contribution in [0.2, 0.25) is 5.02 Å². The Labute approximate surface area is 104 Å². The van der Waals surface area contributed by atoms with Gasteiger partial charge in [0, 0.05) is 6.04 Å². The van der Waals surface area contributed by atoms with E-state index in [0.29, 0.717) is 5.69 Å². The van der Waals surface area contributed by atoms with Gasteiger partial charge in [-0.05, 0) is 32.0 Å². The highest BCUT2D eigenvalue weighted by Gasteiger charge is 2.09. The number of hydrogen-bond donors (Lipinski definition) is 3. The average molecular weight is 257 g/mol. The van der Waals surface area contributed by atoms with Gasteiger partial charge in [0.2, 0.25) is 0 Å². The molecular formula is C11H13ClN2O3. The molecule has 0 aliphatic carbocycles. The van der Waals surface area contributed by atoms with Crippen molar-refractivity contribution in [2.24, 2.45) is 0 Å². The molecule has 0 saturated carbocycles. The summed E-state index contributed by atoms with van der Waals surface area (Å²) in [6.07, 6.45) is 0. The number of aromatic carboxylic acids is 1. The minimum absolute atomic E-state index is 0.00654. The Balaban J connectivity index is 2.79. The van der Waals surface area contributed by atoms with Gasteiger partial charge >= 0.3 is 12.0 Å². The molecule has 17 heavy (non-hydrogen) atoms. The van der Waals surface area contributed by atoms with Crippen molar-refractivity contribution < 1.29 is 14.7 Å². The summed E-state index contributed by atoms with van der Waals surface area (Å²) >= 11 is 5.85. The SMILES string of the molecule is CC(C)NC(=O)Nc1ccc(C(=O)O)cc1Cl. The smallest absolute Gasteiger partial charge is 0.335 e. The number of benzene rings is 1. The van der Waals surface area contributed by atoms with Crippen LogP contribution < -0.4 is 10.6 Å². The van der Waals surface area contributed by atoms with E-state index < -0.39 is 5.97 Å². The largest absolute Gasteiger partial charge is 0.478 e. The quantitative estimate of drug-likeness (QED) is 0.778. The first-order valence-electron chi connectivity index (χ1n) is 5.00. The number of carbonyl (C=O) groups is 2. The molecule has 0 saturated heterocycles. The van der Waals surface area contributed by atoms with Gasteiger partial charge in [-0.3, -0.25) is 0 Å². The Kier molecular flexibility index (Phi) is 4.34. The molecule has 0 aliphatic heterocycles. The van der Waals surface area contributed by atoms with Gasteiger partial charge in [0.1, 0.15) is 0 Å². The van der Waals surface area contributed by atoms with Crippen molar-refractivity contribution >= 4 is 29.3 Å². The van der Waals surface area contributed by atoms with E-state index in [1.54, 1.807) is 0 Å². The van der Waals surface area contributed by atoms with E-state index >= 15 is 0 Å². The molecule has 1 aromatic rings. The maximum Gasteiger partial charge on any atom is 0.335 e. The van der Waals surface area contributed by atoms with E-state index in [0.717, 1.165) is 0 Å². The highest BCUT2D eigenvalue weighted by molar-refractivity contribution is 6.34. The van der Waals surface area contributed by atoms with Crippen molar-refractivity contribution in [3.8, 4) is 0 Å². The van der Waals surface area contributed by atoms with E-state index in [1.165, 1.54) is 18.2 Å². The van der Waals surface area contributed by atoms with Crippen LogP contribution in [-0.4, -0.2) is 23.1 Å². The Bertz CT molecular complexity index is 446. The predicted octanol–water partition coefficient (Wildman–Crippen LogP) is 2.57. The minimum atomic E-state index is -1.06. The summed E-state index contributed by atoms with van der Waals surface area (Å²) in [4.78, 5) is 22.1. The molecule has 0 radical (unpaired) electrons. The second-order valence-electron chi connectivity index (χ2n) is 3.75. The van der Waals surface area contributed by atoms with Crippen LogP contribution in [-0.2, 0) is 0 Å². The summed E-state index contributed by atoms with van der Waals surface area (Å²) in [5.74, 6) is -1.06. The molecule has 3 N–H and O–H groups in total. The van der Waals surface area contributed by atoms with Gasteiger partial charge < -0.3 is 15.7 Å². The molecule has 2 amide bonds. The first-order chi connectivity index (χ1) is 7.90. The van der Waals surface area contributed by atoms with E-state index in [-0.39, 0.29) is 22.7 Å². The molecule has 6 heteroatoms. The highest BCUT2D eigenvalue weighted by Crippen LogP contribution is 2.22. The molecule has 92 valence electrons. The first-order valence-corrected chi connectivity index (χ1v) is 5.38. The number of rotatable bonds is 3. The lowest BCUT2D eigenvalue weighted by Gasteiger charge is -2.11. The molecule has 0 spiro atoms. The number of carboxylic acid groups (broad SMARTS) is 1. The second-order valence-corrected chi connectivity index (χ2v) is 4.16. The number of carboxylic acids is 1. The van der Waals surface area contributed by atoms with Crippen molar-refractivity contribution in [2.75, 3.05) is 5.32 Å². The maximum atomic E-state index is 11.4. The van der Waals surface area contributed by atoms with Crippen LogP contribution in [0.3, 0.4) is 0 Å². The van der Waals surface area contributed by atoms with Crippen molar-refractivity contribution in [1.82, 2.24) is 5.32 Å². The fourth-order valence-electron chi connectivity index (χ4n) is 1.17. The van der Waals surface area contributed by atoms with Gasteiger partial charge in [0.15, 0.2) is 0 Å². The number of nitrogens with one attached hydrogen (secondary N) is 2. The van der Waals surface area contributed by atoms with Crippen LogP contribution in [0.5, 0.6) is 0 Å². The number of anilines is 1. The van der Waals surface area contributed by atoms with Gasteiger partial charge in [-0.1, -0.05) is 11.6 Å². The number of hydrogen-bond acceptors (Lipinski definition) is 2. The van der Waals surface area contributed by atoms with E-state index in [1.807, 2.05) is 13.8 Å². The third-order valence-corrected chi connectivity index (χ3v) is 2.20. The van der Waals surface area contributed by atoms with Gasteiger partial charge in [-0.25, -0.2) is 9.59 Å². The molecule has 1 aromatic carbocycles. The van der Waals surface area contributed by atoms with E-state index in [2.05, 4.69) is 10.6 Å². The molecule has 0 bridgehead atoms. The normalized spacial score (nSPS) is 10.1. The van der Waals surface area contributed by atoms with Crippen LogP contribution in [0.25, 0.3) is 0 Å². The van der Waals surface area contributed by atoms with E-state index in [4.69, 9.17) is 16.7 Å². The number of amides is 2. The van der Waals surface area contributed by atoms with Gasteiger partial charge in [0.25, 0.3) is 0 Å². The van der Waals surface area contributed by atoms with Crippen molar-refractivity contribution in [3.63, 3.8) is 0 Å². The molecule has 0 aromatic heterocycles. The third-order valence-electron chi connectivity index (χ3n) is 1.88. The zero-order valence-electron chi connectivity index (χ0n) is 9.45. The van der Waals surface area contributed by atoms with Crippen LogP contribution in [0.1, 0.15) is 24.2 Å². The lowest BCUT2D eigenvalue weighted by atomic mass is 10.2. The summed E-state index contributed by atoms with van der Waals surface area (Å²) in [5, 5.41) is 14.1. The molecule has 0 unspecified atom stereocenters. The van der Waals surface area contributed by atoms with Crippen LogP contribution >= 0.6 is 11.6 Å². The molecule has 1 rings (SSSR count). The molecule has 0 aliphatic rings. The lowest BCUT2D eigenvalue weighted by molar-refractivity contribution is 0.0697. The van der Waals surface area contributed by atoms with Crippen LogP contribution in [0.15, 0.2) is 18.2 Å². The minimum Gasteiger partial charge on any atom is -0.478 e. The monoisotopic (exact) mass is 256 g/mol. The summed E-state index contributed by atoms with van der Waals surface area (Å²) in [5.41, 5.74) is 0.444. The summed E-state index contributed by atoms with van der Waals surface area (Å²) in [6.45, 7) is 3.66. The van der Waals surface area contributed by atoms with Crippen LogP contribution in [0, 0.1) is 0 Å². The molecule has 0 fully saturated rings. The van der Waals surface area contributed by atoms with E-state index in [9.17, 15) is 9.59 Å². The molecule has 0 heterocycles. The summed E-state index contributed by atoms with van der Waals surface area (Å²) < 4.78 is 0. The Hall–Kier alpha value is -1.75. The fraction of sp³-hybridized carbons (Fsp3) is 0.273. The zero-order valence-corrected chi connectivity index (χ0v) is 10.2. The van der Waals surface area contributed by atoms with Crippen molar-refractivity contribution in [1.29, 1.82) is 0 Å². The summed E-state index contributed by atoms with van der Waals surface area (Å²) in [6, 6.07) is 3.73. The number of carbonyl (C=O) groups excluding carboxylic acids is 1. The maximum absolute atomic E-state index is 11.4. The molecule has 5 nitrogen and oxygen atoms in total. The number of halogens is 1. The molecule has 0 atom stereocenters. The van der Waals surface area contributed by atoms with Crippen molar-refractivity contribution in [3.05, 3.63) is 28.8 Å². The third kappa shape index (κ3) is 3.96. The van der Waals surface area contributed by atoms with Gasteiger partial charge in [0.05, 0.1) is 16.3 Å². The standard InChI is InChI=1S/C11H13ClN2O3/c1-6(2)13-11(17)14-9-4-3-7(10(15)16)5-8(9)12/h3-6H,1-2H3,(H,15,16)(H2,13,14,17). The van der Waals surface area contributed by atoms with Crippen LogP contribution in [0.4, 0.5) is 10.5 Å². The van der Waals surface area contributed by atoms with Gasteiger partial charge in [-0.15, -0.1) is 0 Å². The average Bonchev–Trinajstić information content (AvgIpc) is 2.19. The van der Waals surface area contributed by atoms with Crippen molar-refractivity contribution in [2.45, 2.75) is 19.9 Å².